The zero-order valence-electron chi connectivity index (χ0n) is 10.5. The number of nitrogens with two attached hydrogens (primary N) is 1. The maximum atomic E-state index is 5.93. The van der Waals surface area contributed by atoms with E-state index < -0.39 is 0 Å². The highest BCUT2D eigenvalue weighted by Crippen LogP contribution is 2.30. The maximum absolute atomic E-state index is 5.93. The van der Waals surface area contributed by atoms with Gasteiger partial charge < -0.3 is 5.43 Å². The summed E-state index contributed by atoms with van der Waals surface area (Å²) in [5.74, 6) is 6.70. The summed E-state index contributed by atoms with van der Waals surface area (Å²) in [6.45, 7) is 6.29. The van der Waals surface area contributed by atoms with E-state index in [2.05, 4.69) is 36.2 Å². The van der Waals surface area contributed by atoms with Gasteiger partial charge in [0, 0.05) is 16.9 Å². The van der Waals surface area contributed by atoms with Crippen LogP contribution in [-0.2, 0) is 5.41 Å². The van der Waals surface area contributed by atoms with Gasteiger partial charge in [-0.15, -0.1) is 11.3 Å². The molecule has 0 amide bonds. The van der Waals surface area contributed by atoms with Crippen molar-refractivity contribution in [1.29, 1.82) is 0 Å². The van der Waals surface area contributed by atoms with Crippen LogP contribution in [0, 0.1) is 0 Å². The first kappa shape index (κ1) is 13.3. The van der Waals surface area contributed by atoms with E-state index in [0.29, 0.717) is 16.7 Å². The monoisotopic (exact) mass is 282 g/mol. The van der Waals surface area contributed by atoms with Crippen molar-refractivity contribution in [2.24, 2.45) is 5.84 Å². The van der Waals surface area contributed by atoms with Gasteiger partial charge in [-0.1, -0.05) is 32.4 Å². The van der Waals surface area contributed by atoms with Gasteiger partial charge in [-0.3, -0.25) is 0 Å². The minimum atomic E-state index is -0.0651. The number of halogens is 1. The van der Waals surface area contributed by atoms with E-state index in [9.17, 15) is 0 Å². The molecule has 0 saturated heterocycles. The van der Waals surface area contributed by atoms with Crippen molar-refractivity contribution < 1.29 is 0 Å². The molecule has 4 nitrogen and oxygen atoms in total. The second kappa shape index (κ2) is 4.84. The number of nitrogens with zero attached hydrogens (tertiary/aromatic N) is 2. The first-order chi connectivity index (χ1) is 8.40. The lowest BCUT2D eigenvalue weighted by molar-refractivity contribution is 0.568. The molecular weight excluding hydrogens is 268 g/mol. The third kappa shape index (κ3) is 2.80. The molecule has 0 saturated carbocycles. The highest BCUT2D eigenvalue weighted by molar-refractivity contribution is 7.14. The van der Waals surface area contributed by atoms with Crippen LogP contribution in [0.2, 0.25) is 5.02 Å². The maximum Gasteiger partial charge on any atom is 0.171 e. The van der Waals surface area contributed by atoms with Crippen LogP contribution >= 0.6 is 22.9 Å². The Hall–Kier alpha value is -1.17. The van der Waals surface area contributed by atoms with E-state index in [1.165, 1.54) is 11.3 Å². The van der Waals surface area contributed by atoms with Crippen LogP contribution in [0.15, 0.2) is 17.5 Å². The molecule has 0 spiro atoms. The number of nitrogens with one attached hydrogen (secondary N) is 1. The van der Waals surface area contributed by atoms with Crippen molar-refractivity contribution in [3.8, 4) is 10.7 Å². The Balaban J connectivity index is 2.54. The molecule has 0 unspecified atom stereocenters. The van der Waals surface area contributed by atoms with E-state index in [0.717, 1.165) is 10.6 Å². The molecule has 2 aromatic rings. The molecule has 0 aliphatic heterocycles. The molecule has 3 N–H and O–H groups in total. The Kier molecular flexibility index (Phi) is 3.56. The molecule has 2 heterocycles. The Morgan fingerprint density at radius 1 is 1.28 bits per heavy atom. The molecule has 2 rings (SSSR count). The minimum absolute atomic E-state index is 0.0651. The van der Waals surface area contributed by atoms with E-state index in [1.54, 1.807) is 0 Å². The smallest absolute Gasteiger partial charge is 0.171 e. The Labute approximate surface area is 115 Å². The van der Waals surface area contributed by atoms with Gasteiger partial charge in [0.2, 0.25) is 0 Å². The van der Waals surface area contributed by atoms with Crippen molar-refractivity contribution in [2.75, 3.05) is 5.43 Å². The summed E-state index contributed by atoms with van der Waals surface area (Å²) in [6, 6.07) is 3.72. The van der Waals surface area contributed by atoms with Crippen LogP contribution in [0.3, 0.4) is 0 Å². The van der Waals surface area contributed by atoms with Gasteiger partial charge in [-0.05, 0) is 6.07 Å². The highest BCUT2D eigenvalue weighted by Gasteiger charge is 2.18. The molecule has 96 valence electrons. The Morgan fingerprint density at radius 2 is 2.00 bits per heavy atom. The highest BCUT2D eigenvalue weighted by atomic mass is 35.5. The second-order valence-corrected chi connectivity index (χ2v) is 6.33. The molecule has 0 radical (unpaired) electrons. The second-order valence-electron chi connectivity index (χ2n) is 4.99. The molecule has 0 aromatic carbocycles. The van der Waals surface area contributed by atoms with Crippen LogP contribution in [0.5, 0.6) is 0 Å². The summed E-state index contributed by atoms with van der Waals surface area (Å²) in [6.07, 6.45) is 0. The SMILES string of the molecule is CC(C)(C)c1cc(NN)nc(-c2cc(Cl)cs2)n1. The minimum Gasteiger partial charge on any atom is -0.308 e. The molecule has 0 atom stereocenters. The van der Waals surface area contributed by atoms with Crippen molar-refractivity contribution in [2.45, 2.75) is 26.2 Å². The van der Waals surface area contributed by atoms with Crippen LogP contribution < -0.4 is 11.3 Å². The standard InChI is InChI=1S/C12H15ClN4S/c1-12(2,3)9-5-10(17-14)16-11(15-9)8-4-7(13)6-18-8/h4-6H,14H2,1-3H3,(H,15,16,17). The van der Waals surface area contributed by atoms with E-state index in [4.69, 9.17) is 17.4 Å². The van der Waals surface area contributed by atoms with Gasteiger partial charge in [0.1, 0.15) is 5.82 Å². The van der Waals surface area contributed by atoms with Crippen LogP contribution in [0.25, 0.3) is 10.7 Å². The molecule has 2 aromatic heterocycles. The Morgan fingerprint density at radius 3 is 2.50 bits per heavy atom. The van der Waals surface area contributed by atoms with Gasteiger partial charge >= 0.3 is 0 Å². The first-order valence-corrected chi connectivity index (χ1v) is 6.76. The average molecular weight is 283 g/mol. The van der Waals surface area contributed by atoms with E-state index in [1.807, 2.05) is 17.5 Å². The zero-order valence-corrected chi connectivity index (χ0v) is 12.1. The first-order valence-electron chi connectivity index (χ1n) is 5.51. The summed E-state index contributed by atoms with van der Waals surface area (Å²) in [5.41, 5.74) is 3.45. The van der Waals surface area contributed by atoms with Crippen molar-refractivity contribution in [1.82, 2.24) is 9.97 Å². The van der Waals surface area contributed by atoms with E-state index in [-0.39, 0.29) is 5.41 Å². The summed E-state index contributed by atoms with van der Waals surface area (Å²) >= 11 is 7.44. The number of hydrogen-bond donors (Lipinski definition) is 2. The number of nitrogen functional groups attached to an aromatic ring is 1. The lowest BCUT2D eigenvalue weighted by Crippen LogP contribution is -2.17. The predicted octanol–water partition coefficient (Wildman–Crippen LogP) is 3.44. The number of thiophene rings is 1. The quantitative estimate of drug-likeness (QED) is 0.654. The summed E-state index contributed by atoms with van der Waals surface area (Å²) in [5, 5.41) is 2.56. The number of rotatable bonds is 2. The lowest BCUT2D eigenvalue weighted by Gasteiger charge is -2.19. The van der Waals surface area contributed by atoms with E-state index >= 15 is 0 Å². The van der Waals surface area contributed by atoms with Crippen LogP contribution in [-0.4, -0.2) is 9.97 Å². The molecular formula is C12H15ClN4S. The van der Waals surface area contributed by atoms with Crippen molar-refractivity contribution >= 4 is 28.8 Å². The topological polar surface area (TPSA) is 63.8 Å². The molecule has 18 heavy (non-hydrogen) atoms. The fourth-order valence-corrected chi connectivity index (χ4v) is 2.45. The fourth-order valence-electron chi connectivity index (χ4n) is 1.45. The number of hydrogen-bond acceptors (Lipinski definition) is 5. The normalized spacial score (nSPS) is 11.6. The Bertz CT molecular complexity index is 559. The van der Waals surface area contributed by atoms with Gasteiger partial charge in [-0.2, -0.15) is 0 Å². The fraction of sp³-hybridized carbons (Fsp3) is 0.333. The summed E-state index contributed by atoms with van der Waals surface area (Å²) < 4.78 is 0. The molecule has 6 heteroatoms. The predicted molar refractivity (Wildman–Crippen MR) is 76.9 cm³/mol. The average Bonchev–Trinajstić information content (AvgIpc) is 2.74. The molecule has 0 fully saturated rings. The summed E-state index contributed by atoms with van der Waals surface area (Å²) in [7, 11) is 0. The molecule has 0 aliphatic carbocycles. The number of aromatic nitrogens is 2. The number of hydrazine groups is 1. The summed E-state index contributed by atoms with van der Waals surface area (Å²) in [4.78, 5) is 9.87. The van der Waals surface area contributed by atoms with Crippen LogP contribution in [0.4, 0.5) is 5.82 Å². The largest absolute Gasteiger partial charge is 0.308 e. The van der Waals surface area contributed by atoms with Crippen LogP contribution in [0.1, 0.15) is 26.5 Å². The molecule has 0 bridgehead atoms. The van der Waals surface area contributed by atoms with Gasteiger partial charge in [-0.25, -0.2) is 15.8 Å². The number of anilines is 1. The lowest BCUT2D eigenvalue weighted by atomic mass is 9.92. The van der Waals surface area contributed by atoms with Crippen molar-refractivity contribution in [3.05, 3.63) is 28.2 Å². The third-order valence-corrected chi connectivity index (χ3v) is 3.70. The third-order valence-electron chi connectivity index (χ3n) is 2.43. The van der Waals surface area contributed by atoms with Gasteiger partial charge in [0.05, 0.1) is 15.6 Å². The zero-order chi connectivity index (χ0) is 13.3. The van der Waals surface area contributed by atoms with Gasteiger partial charge in [0.15, 0.2) is 5.82 Å². The van der Waals surface area contributed by atoms with Crippen molar-refractivity contribution in [3.63, 3.8) is 0 Å². The molecule has 0 aliphatic rings. The van der Waals surface area contributed by atoms with Gasteiger partial charge in [0.25, 0.3) is 0 Å².